The molecule has 3 fully saturated rings. The Kier molecular flexibility index (Phi) is 9.54. The normalized spacial score (nSPS) is 22.1. The molecule has 0 atom stereocenters. The van der Waals surface area contributed by atoms with Crippen molar-refractivity contribution in [3.63, 3.8) is 0 Å². The average Bonchev–Trinajstić information content (AvgIpc) is 3.25. The van der Waals surface area contributed by atoms with Crippen LogP contribution in [0.3, 0.4) is 0 Å². The average molecular weight is 564 g/mol. The summed E-state index contributed by atoms with van der Waals surface area (Å²) in [7, 11) is 0. The van der Waals surface area contributed by atoms with Crippen molar-refractivity contribution in [2.24, 2.45) is 11.7 Å². The number of rotatable bonds is 6. The highest BCUT2D eigenvalue weighted by Gasteiger charge is 2.28. The number of nitrogens with one attached hydrogen (secondary N) is 2. The van der Waals surface area contributed by atoms with E-state index in [4.69, 9.17) is 5.73 Å². The van der Waals surface area contributed by atoms with Crippen molar-refractivity contribution in [2.45, 2.75) is 76.3 Å². The third-order valence-corrected chi connectivity index (χ3v) is 8.82. The number of halogens is 1. The standard InChI is InChI=1S/C32H42FN5O3/c33-25-10-7-22(8-11-25)30(39)36-28-21-24(31(40)35-27-14-12-26(34)13-15-27)9-16-29(28)37-17-4-18-38(20-19-37)32(41)23-5-2-1-3-6-23/h7-11,16,21,23,26-27H,1-6,12-15,17-20,34H2,(H,35,40)(H,36,39). The van der Waals surface area contributed by atoms with Crippen LogP contribution in [-0.4, -0.2) is 60.9 Å². The van der Waals surface area contributed by atoms with Crippen LogP contribution in [0.5, 0.6) is 0 Å². The Hall–Kier alpha value is -3.46. The van der Waals surface area contributed by atoms with Crippen LogP contribution < -0.4 is 21.3 Å². The first-order valence-electron chi connectivity index (χ1n) is 15.2. The number of carbonyl (C=O) groups excluding carboxylic acids is 3. The van der Waals surface area contributed by atoms with Crippen molar-refractivity contribution in [3.8, 4) is 0 Å². The Morgan fingerprint density at radius 1 is 0.756 bits per heavy atom. The largest absolute Gasteiger partial charge is 0.368 e. The van der Waals surface area contributed by atoms with Crippen LogP contribution in [0.15, 0.2) is 42.5 Å². The number of hydrogen-bond donors (Lipinski definition) is 3. The molecular formula is C32H42FN5O3. The van der Waals surface area contributed by atoms with Gasteiger partial charge in [0, 0.05) is 55.3 Å². The molecule has 1 aliphatic heterocycles. The van der Waals surface area contributed by atoms with Crippen molar-refractivity contribution >= 4 is 29.1 Å². The van der Waals surface area contributed by atoms with Gasteiger partial charge in [-0.15, -0.1) is 0 Å². The molecule has 41 heavy (non-hydrogen) atoms. The lowest BCUT2D eigenvalue weighted by Crippen LogP contribution is -2.40. The van der Waals surface area contributed by atoms with Gasteiger partial charge in [-0.1, -0.05) is 19.3 Å². The second kappa shape index (κ2) is 13.5. The molecular weight excluding hydrogens is 521 g/mol. The van der Waals surface area contributed by atoms with E-state index >= 15 is 0 Å². The lowest BCUT2D eigenvalue weighted by molar-refractivity contribution is -0.136. The van der Waals surface area contributed by atoms with Gasteiger partial charge in [0.15, 0.2) is 0 Å². The minimum Gasteiger partial charge on any atom is -0.368 e. The summed E-state index contributed by atoms with van der Waals surface area (Å²) in [6.07, 6.45) is 9.72. The molecule has 0 aromatic heterocycles. The highest BCUT2D eigenvalue weighted by molar-refractivity contribution is 6.07. The van der Waals surface area contributed by atoms with Crippen LogP contribution in [0, 0.1) is 11.7 Å². The molecule has 2 saturated carbocycles. The smallest absolute Gasteiger partial charge is 0.255 e. The van der Waals surface area contributed by atoms with Gasteiger partial charge in [-0.05, 0) is 87.4 Å². The van der Waals surface area contributed by atoms with Gasteiger partial charge in [-0.2, -0.15) is 0 Å². The zero-order chi connectivity index (χ0) is 28.8. The van der Waals surface area contributed by atoms with Gasteiger partial charge in [-0.25, -0.2) is 4.39 Å². The molecule has 0 unspecified atom stereocenters. The Morgan fingerprint density at radius 3 is 2.20 bits per heavy atom. The van der Waals surface area contributed by atoms with Crippen LogP contribution in [0.2, 0.25) is 0 Å². The molecule has 2 aromatic rings. The molecule has 1 saturated heterocycles. The molecule has 1 heterocycles. The third kappa shape index (κ3) is 7.44. The first kappa shape index (κ1) is 29.0. The summed E-state index contributed by atoms with van der Waals surface area (Å²) in [6, 6.07) is 11.1. The van der Waals surface area contributed by atoms with Gasteiger partial charge >= 0.3 is 0 Å². The van der Waals surface area contributed by atoms with E-state index in [-0.39, 0.29) is 35.7 Å². The Labute approximate surface area is 241 Å². The molecule has 9 heteroatoms. The van der Waals surface area contributed by atoms with E-state index in [0.717, 1.165) is 70.0 Å². The third-order valence-electron chi connectivity index (χ3n) is 8.82. The van der Waals surface area contributed by atoms with Crippen LogP contribution in [0.4, 0.5) is 15.8 Å². The van der Waals surface area contributed by atoms with E-state index < -0.39 is 5.82 Å². The number of nitrogens with zero attached hydrogens (tertiary/aromatic N) is 2. The minimum absolute atomic E-state index is 0.0810. The SMILES string of the molecule is NC1CCC(NC(=O)c2ccc(N3CCCN(C(=O)C4CCCCC4)CC3)c(NC(=O)c3ccc(F)cc3)c2)CC1. The van der Waals surface area contributed by atoms with E-state index in [1.165, 1.54) is 30.7 Å². The van der Waals surface area contributed by atoms with E-state index in [2.05, 4.69) is 15.5 Å². The predicted octanol–water partition coefficient (Wildman–Crippen LogP) is 4.70. The summed E-state index contributed by atoms with van der Waals surface area (Å²) < 4.78 is 13.5. The van der Waals surface area contributed by atoms with Crippen molar-refractivity contribution < 1.29 is 18.8 Å². The Balaban J connectivity index is 1.34. The van der Waals surface area contributed by atoms with Crippen LogP contribution >= 0.6 is 0 Å². The number of amides is 3. The molecule has 8 nitrogen and oxygen atoms in total. The van der Waals surface area contributed by atoms with Crippen molar-refractivity contribution in [3.05, 3.63) is 59.4 Å². The quantitative estimate of drug-likeness (QED) is 0.473. The van der Waals surface area contributed by atoms with Gasteiger partial charge in [0.25, 0.3) is 11.8 Å². The fraction of sp³-hybridized carbons (Fsp3) is 0.531. The summed E-state index contributed by atoms with van der Waals surface area (Å²) in [6.45, 7) is 2.69. The maximum Gasteiger partial charge on any atom is 0.255 e. The highest BCUT2D eigenvalue weighted by atomic mass is 19.1. The van der Waals surface area contributed by atoms with Gasteiger partial charge < -0.3 is 26.2 Å². The predicted molar refractivity (Wildman–Crippen MR) is 158 cm³/mol. The van der Waals surface area contributed by atoms with E-state index in [1.807, 2.05) is 11.0 Å². The monoisotopic (exact) mass is 563 g/mol. The summed E-state index contributed by atoms with van der Waals surface area (Å²) in [5, 5.41) is 6.10. The number of nitrogens with two attached hydrogens (primary N) is 1. The maximum atomic E-state index is 13.5. The second-order valence-electron chi connectivity index (χ2n) is 11.8. The minimum atomic E-state index is -0.415. The Morgan fingerprint density at radius 2 is 1.46 bits per heavy atom. The van der Waals surface area contributed by atoms with Crippen LogP contribution in [0.1, 0.15) is 84.9 Å². The fourth-order valence-electron chi connectivity index (χ4n) is 6.37. The molecule has 3 amide bonds. The molecule has 220 valence electrons. The van der Waals surface area contributed by atoms with Gasteiger partial charge in [-0.3, -0.25) is 14.4 Å². The van der Waals surface area contributed by atoms with Gasteiger partial charge in [0.1, 0.15) is 5.82 Å². The maximum absolute atomic E-state index is 13.5. The van der Waals surface area contributed by atoms with Crippen molar-refractivity contribution in [1.82, 2.24) is 10.2 Å². The van der Waals surface area contributed by atoms with Crippen LogP contribution in [-0.2, 0) is 4.79 Å². The number of hydrogen-bond acceptors (Lipinski definition) is 5. The van der Waals surface area contributed by atoms with Gasteiger partial charge in [0.05, 0.1) is 11.4 Å². The van der Waals surface area contributed by atoms with Crippen molar-refractivity contribution in [1.29, 1.82) is 0 Å². The molecule has 5 rings (SSSR count). The molecule has 0 radical (unpaired) electrons. The van der Waals surface area contributed by atoms with E-state index in [9.17, 15) is 18.8 Å². The zero-order valence-electron chi connectivity index (χ0n) is 23.7. The molecule has 0 bridgehead atoms. The zero-order valence-corrected chi connectivity index (χ0v) is 23.7. The molecule has 0 spiro atoms. The number of carbonyl (C=O) groups is 3. The van der Waals surface area contributed by atoms with E-state index in [0.29, 0.717) is 36.4 Å². The molecule has 2 aliphatic carbocycles. The first-order valence-corrected chi connectivity index (χ1v) is 15.2. The Bertz CT molecular complexity index is 1220. The summed E-state index contributed by atoms with van der Waals surface area (Å²) >= 11 is 0. The topological polar surface area (TPSA) is 108 Å². The summed E-state index contributed by atoms with van der Waals surface area (Å²) in [5.41, 5.74) is 8.12. The first-order chi connectivity index (χ1) is 19.9. The fourth-order valence-corrected chi connectivity index (χ4v) is 6.37. The van der Waals surface area contributed by atoms with Gasteiger partial charge in [0.2, 0.25) is 5.91 Å². The second-order valence-corrected chi connectivity index (χ2v) is 11.8. The number of anilines is 2. The lowest BCUT2D eigenvalue weighted by Gasteiger charge is -2.29. The van der Waals surface area contributed by atoms with Crippen LogP contribution in [0.25, 0.3) is 0 Å². The van der Waals surface area contributed by atoms with Crippen molar-refractivity contribution in [2.75, 3.05) is 36.4 Å². The highest BCUT2D eigenvalue weighted by Crippen LogP contribution is 2.31. The summed E-state index contributed by atoms with van der Waals surface area (Å²) in [5.74, 6) is -0.574. The van der Waals surface area contributed by atoms with E-state index in [1.54, 1.807) is 12.1 Å². The molecule has 4 N–H and O–H groups in total. The molecule has 3 aliphatic rings. The molecule has 2 aromatic carbocycles. The number of benzene rings is 2. The lowest BCUT2D eigenvalue weighted by atomic mass is 9.88. The summed E-state index contributed by atoms with van der Waals surface area (Å²) in [4.78, 5) is 43.8.